The predicted molar refractivity (Wildman–Crippen MR) is 302 cm³/mol. The molecule has 76 heavy (non-hydrogen) atoms. The zero-order chi connectivity index (χ0) is 54.5. The minimum absolute atomic E-state index is 0.0955. The molecular formula is C61H94N5O9P. The van der Waals surface area contributed by atoms with E-state index in [2.05, 4.69) is 55.7 Å². The fourth-order valence-electron chi connectivity index (χ4n) is 9.01. The summed E-state index contributed by atoms with van der Waals surface area (Å²) < 4.78 is 33.8. The molecule has 0 radical (unpaired) electrons. The van der Waals surface area contributed by atoms with Crippen molar-refractivity contribution in [1.29, 1.82) is 0 Å². The van der Waals surface area contributed by atoms with Gasteiger partial charge in [-0.1, -0.05) is 175 Å². The third kappa shape index (κ3) is 32.5. The first-order valence-electron chi connectivity index (χ1n) is 28.5. The number of carbonyl (C=O) groups excluding carboxylic acids is 3. The lowest BCUT2D eigenvalue weighted by atomic mass is 10.0. The number of ketones is 1. The van der Waals surface area contributed by atoms with Crippen LogP contribution < -0.4 is 4.89 Å². The molecule has 15 heteroatoms. The Hall–Kier alpha value is -4.26. The number of Topliss-reactive ketones (excluding diaryl/α,β-unsaturated/α-hetero) is 1. The van der Waals surface area contributed by atoms with Gasteiger partial charge in [0.15, 0.2) is 0 Å². The zero-order valence-electron chi connectivity index (χ0n) is 47.0. The van der Waals surface area contributed by atoms with Crippen LogP contribution in [0.15, 0.2) is 84.9 Å². The summed E-state index contributed by atoms with van der Waals surface area (Å²) in [4.78, 5) is 59.2. The number of phosphoric ester groups is 1. The van der Waals surface area contributed by atoms with Gasteiger partial charge in [-0.2, -0.15) is 0 Å². The van der Waals surface area contributed by atoms with Crippen LogP contribution in [0.2, 0.25) is 0 Å². The van der Waals surface area contributed by atoms with E-state index in [-0.39, 0.29) is 57.2 Å². The van der Waals surface area contributed by atoms with Crippen molar-refractivity contribution in [3.63, 3.8) is 0 Å². The van der Waals surface area contributed by atoms with Crippen molar-refractivity contribution in [1.82, 2.24) is 19.6 Å². The quantitative estimate of drug-likeness (QED) is 0.0182. The summed E-state index contributed by atoms with van der Waals surface area (Å²) in [5.41, 5.74) is 4.20. The van der Waals surface area contributed by atoms with E-state index in [0.29, 0.717) is 76.5 Å². The van der Waals surface area contributed by atoms with Gasteiger partial charge in [0.25, 0.3) is 7.82 Å². The monoisotopic (exact) mass is 1070 g/mol. The molecule has 1 aliphatic rings. The van der Waals surface area contributed by atoms with E-state index in [0.717, 1.165) is 42.4 Å². The van der Waals surface area contributed by atoms with Crippen LogP contribution in [0.25, 0.3) is 0 Å². The van der Waals surface area contributed by atoms with Crippen molar-refractivity contribution in [3.8, 4) is 11.8 Å². The van der Waals surface area contributed by atoms with Gasteiger partial charge in [0.1, 0.15) is 32.1 Å². The van der Waals surface area contributed by atoms with E-state index in [4.69, 9.17) is 18.5 Å². The Kier molecular flexibility index (Phi) is 32.4. The molecule has 14 nitrogen and oxygen atoms in total. The van der Waals surface area contributed by atoms with Gasteiger partial charge in [-0.05, 0) is 55.0 Å². The van der Waals surface area contributed by atoms with Crippen LogP contribution in [0.1, 0.15) is 132 Å². The number of aryl methyl sites for hydroxylation is 1. The van der Waals surface area contributed by atoms with E-state index in [1.807, 2.05) is 81.8 Å². The van der Waals surface area contributed by atoms with Crippen molar-refractivity contribution in [2.75, 3.05) is 119 Å². The second-order valence-corrected chi connectivity index (χ2v) is 23.0. The molecule has 1 unspecified atom stereocenters. The van der Waals surface area contributed by atoms with E-state index < -0.39 is 7.82 Å². The molecule has 0 aromatic heterocycles. The smallest absolute Gasteiger partial charge is 0.320 e. The second-order valence-electron chi connectivity index (χ2n) is 21.6. The van der Waals surface area contributed by atoms with Crippen LogP contribution in [-0.2, 0) is 57.1 Å². The van der Waals surface area contributed by atoms with Gasteiger partial charge in [-0.25, -0.2) is 0 Å². The minimum Gasteiger partial charge on any atom is -0.756 e. The summed E-state index contributed by atoms with van der Waals surface area (Å²) in [7, 11) is 1.78. The third-order valence-electron chi connectivity index (χ3n) is 13.7. The third-order valence-corrected chi connectivity index (χ3v) is 14.7. The Labute approximate surface area is 458 Å². The van der Waals surface area contributed by atoms with E-state index in [9.17, 15) is 23.8 Å². The Morgan fingerprint density at radius 3 is 1.34 bits per heavy atom. The number of phosphoric acid groups is 1. The molecule has 1 aliphatic heterocycles. The number of ether oxygens (including phenoxy) is 2. The maximum atomic E-state index is 13.2. The number of hydrogen-bond acceptors (Lipinski definition) is 13. The number of carbonyl (C=O) groups is 3. The molecule has 3 aromatic rings. The van der Waals surface area contributed by atoms with Gasteiger partial charge >= 0.3 is 11.9 Å². The number of rotatable bonds is 35. The second kappa shape index (κ2) is 38.3. The summed E-state index contributed by atoms with van der Waals surface area (Å²) in [6.07, 6.45) is 20.7. The SMILES string of the molecule is CC(=O)CN1CCN(CC#Cc2ccc(CCCCCCCCCCCCCCCCCCOP(=O)([O-])OCC[N+](C)(C)C)cc2)CCN(CC(=O)OCc2ccccc2)CCN(CC(=O)OCc2ccccc2)CC1. The molecule has 422 valence electrons. The van der Waals surface area contributed by atoms with Crippen LogP contribution in [0.3, 0.4) is 0 Å². The highest BCUT2D eigenvalue weighted by atomic mass is 31.2. The molecule has 3 aromatic carbocycles. The Balaban J connectivity index is 1.11. The Morgan fingerprint density at radius 2 is 0.908 bits per heavy atom. The highest BCUT2D eigenvalue weighted by Crippen LogP contribution is 2.38. The predicted octanol–water partition coefficient (Wildman–Crippen LogP) is 9.33. The van der Waals surface area contributed by atoms with Crippen molar-refractivity contribution in [3.05, 3.63) is 107 Å². The Morgan fingerprint density at radius 1 is 0.513 bits per heavy atom. The topological polar surface area (TPSA) is 141 Å². The molecule has 1 atom stereocenters. The van der Waals surface area contributed by atoms with Crippen LogP contribution >= 0.6 is 7.82 Å². The summed E-state index contributed by atoms with van der Waals surface area (Å²) in [6, 6.07) is 28.0. The average molecular weight is 1070 g/mol. The van der Waals surface area contributed by atoms with E-state index >= 15 is 0 Å². The lowest BCUT2D eigenvalue weighted by molar-refractivity contribution is -0.870. The number of quaternary nitrogens is 1. The molecule has 0 saturated carbocycles. The van der Waals surface area contributed by atoms with Crippen molar-refractivity contribution < 1.29 is 46.8 Å². The van der Waals surface area contributed by atoms with Crippen molar-refractivity contribution in [2.24, 2.45) is 0 Å². The number of likely N-dealkylation sites (N-methyl/N-ethyl adjacent to an activating group) is 1. The number of nitrogens with zero attached hydrogens (tertiary/aromatic N) is 5. The molecule has 0 N–H and O–H groups in total. The molecule has 0 aliphatic carbocycles. The number of hydrogen-bond donors (Lipinski definition) is 0. The normalized spacial score (nSPS) is 15.4. The van der Waals surface area contributed by atoms with Gasteiger partial charge in [0, 0.05) is 57.9 Å². The summed E-state index contributed by atoms with van der Waals surface area (Å²) in [5.74, 6) is 6.29. The lowest BCUT2D eigenvalue weighted by Crippen LogP contribution is -2.48. The summed E-state index contributed by atoms with van der Waals surface area (Å²) in [6.45, 7) is 9.00. The van der Waals surface area contributed by atoms with Crippen molar-refractivity contribution >= 4 is 25.5 Å². The van der Waals surface area contributed by atoms with Gasteiger partial charge in [-0.15, -0.1) is 0 Å². The maximum Gasteiger partial charge on any atom is 0.320 e. The summed E-state index contributed by atoms with van der Waals surface area (Å²) >= 11 is 0. The van der Waals surface area contributed by atoms with Crippen LogP contribution in [0, 0.1) is 11.8 Å². The molecule has 0 spiro atoms. The fraction of sp³-hybridized carbons (Fsp3) is 0.623. The zero-order valence-corrected chi connectivity index (χ0v) is 47.9. The van der Waals surface area contributed by atoms with Gasteiger partial charge < -0.3 is 27.9 Å². The molecule has 1 heterocycles. The van der Waals surface area contributed by atoms with Crippen LogP contribution in [0.4, 0.5) is 0 Å². The molecule has 0 amide bonds. The number of benzene rings is 3. The first-order valence-corrected chi connectivity index (χ1v) is 29.9. The van der Waals surface area contributed by atoms with Gasteiger partial charge in [-0.3, -0.25) is 38.5 Å². The molecule has 4 rings (SSSR count). The first-order chi connectivity index (χ1) is 36.7. The number of unbranched alkanes of at least 4 members (excludes halogenated alkanes) is 15. The molecule has 0 bridgehead atoms. The number of esters is 2. The molecular weight excluding hydrogens is 978 g/mol. The van der Waals surface area contributed by atoms with Crippen LogP contribution in [-0.4, -0.2) is 161 Å². The molecule has 1 saturated heterocycles. The lowest BCUT2D eigenvalue weighted by Gasteiger charge is -2.33. The van der Waals surface area contributed by atoms with Gasteiger partial charge in [0.05, 0.1) is 53.9 Å². The highest BCUT2D eigenvalue weighted by Gasteiger charge is 2.21. The Bertz CT molecular complexity index is 2150. The largest absolute Gasteiger partial charge is 0.756 e. The van der Waals surface area contributed by atoms with Crippen molar-refractivity contribution in [2.45, 2.75) is 129 Å². The maximum absolute atomic E-state index is 13.2. The minimum atomic E-state index is -4.19. The van der Waals surface area contributed by atoms with E-state index in [1.54, 1.807) is 6.92 Å². The van der Waals surface area contributed by atoms with Crippen LogP contribution in [0.5, 0.6) is 0 Å². The van der Waals surface area contributed by atoms with E-state index in [1.165, 1.54) is 89.0 Å². The summed E-state index contributed by atoms with van der Waals surface area (Å²) in [5, 5.41) is 0. The first kappa shape index (κ1) is 64.3. The highest BCUT2D eigenvalue weighted by molar-refractivity contribution is 7.45. The molecule has 1 fully saturated rings. The fourth-order valence-corrected chi connectivity index (χ4v) is 9.75. The average Bonchev–Trinajstić information content (AvgIpc) is 3.39. The van der Waals surface area contributed by atoms with Gasteiger partial charge in [0.2, 0.25) is 0 Å². The standard InChI is InChI=1S/C61H94N5O9P/c1-55(67)50-63-41-39-62(40-42-64(51-60(68)72-53-58-29-22-19-23-30-58)45-46-65(44-43-63)52-61(69)73-54-59-31-24-20-25-32-59)38-27-33-57-36-34-56(35-37-57)28-21-17-15-13-11-9-7-5-6-8-10-12-14-16-18-26-48-74-76(70,71)75-49-47-66(2,3)4/h19-20,22-25,29-32,34-37H,5-18,21,26,28,38-54H2,1-4H3.